The first-order valence-electron chi connectivity index (χ1n) is 7.22. The minimum Gasteiger partial charge on any atom is -0.377 e. The lowest BCUT2D eigenvalue weighted by Gasteiger charge is -2.21. The van der Waals surface area contributed by atoms with Crippen molar-refractivity contribution in [2.24, 2.45) is 0 Å². The first-order chi connectivity index (χ1) is 8.88. The predicted molar refractivity (Wildman–Crippen MR) is 72.4 cm³/mol. The van der Waals surface area contributed by atoms with Crippen LogP contribution in [0.2, 0.25) is 0 Å². The molecule has 0 spiro atoms. The van der Waals surface area contributed by atoms with Gasteiger partial charge in [-0.3, -0.25) is 4.68 Å². The lowest BCUT2D eigenvalue weighted by atomic mass is 9.98. The van der Waals surface area contributed by atoms with Crippen molar-refractivity contribution < 1.29 is 4.74 Å². The normalized spacial score (nSPS) is 17.2. The zero-order valence-corrected chi connectivity index (χ0v) is 11.4. The molecule has 4 heteroatoms. The van der Waals surface area contributed by atoms with E-state index in [9.17, 15) is 0 Å². The molecule has 0 bridgehead atoms. The van der Waals surface area contributed by atoms with E-state index < -0.39 is 0 Å². The molecule has 0 atom stereocenters. The van der Waals surface area contributed by atoms with Gasteiger partial charge in [0, 0.05) is 31.4 Å². The van der Waals surface area contributed by atoms with Crippen molar-refractivity contribution in [3.8, 4) is 0 Å². The van der Waals surface area contributed by atoms with E-state index in [0.29, 0.717) is 6.10 Å². The fourth-order valence-corrected chi connectivity index (χ4v) is 2.43. The SMILES string of the molecule is CCn1cc(CNCCOC2CCCCC2)cn1. The summed E-state index contributed by atoms with van der Waals surface area (Å²) < 4.78 is 7.82. The van der Waals surface area contributed by atoms with Crippen LogP contribution in [0.15, 0.2) is 12.4 Å². The average Bonchev–Trinajstić information content (AvgIpc) is 2.87. The number of ether oxygens (including phenoxy) is 1. The molecule has 0 aromatic carbocycles. The van der Waals surface area contributed by atoms with E-state index >= 15 is 0 Å². The van der Waals surface area contributed by atoms with Crippen LogP contribution >= 0.6 is 0 Å². The maximum Gasteiger partial charge on any atom is 0.0594 e. The van der Waals surface area contributed by atoms with Gasteiger partial charge < -0.3 is 10.1 Å². The van der Waals surface area contributed by atoms with E-state index in [2.05, 4.69) is 23.5 Å². The second-order valence-electron chi connectivity index (χ2n) is 5.01. The number of aryl methyl sites for hydroxylation is 1. The first-order valence-corrected chi connectivity index (χ1v) is 7.22. The van der Waals surface area contributed by atoms with Gasteiger partial charge in [0.1, 0.15) is 0 Å². The van der Waals surface area contributed by atoms with Crippen LogP contribution in [0.1, 0.15) is 44.6 Å². The van der Waals surface area contributed by atoms with Gasteiger partial charge in [0.25, 0.3) is 0 Å². The van der Waals surface area contributed by atoms with Crippen LogP contribution in [0.5, 0.6) is 0 Å². The Labute approximate surface area is 110 Å². The minimum atomic E-state index is 0.517. The lowest BCUT2D eigenvalue weighted by Crippen LogP contribution is -2.24. The Morgan fingerprint density at radius 2 is 2.22 bits per heavy atom. The molecule has 0 saturated heterocycles. The summed E-state index contributed by atoms with van der Waals surface area (Å²) in [5, 5.41) is 7.65. The average molecular weight is 251 g/mol. The van der Waals surface area contributed by atoms with Gasteiger partial charge in [-0.2, -0.15) is 5.10 Å². The first kappa shape index (κ1) is 13.6. The third-order valence-electron chi connectivity index (χ3n) is 3.52. The van der Waals surface area contributed by atoms with E-state index in [-0.39, 0.29) is 0 Å². The highest BCUT2D eigenvalue weighted by Crippen LogP contribution is 2.19. The van der Waals surface area contributed by atoms with Crippen LogP contribution < -0.4 is 5.32 Å². The van der Waals surface area contributed by atoms with Gasteiger partial charge >= 0.3 is 0 Å². The van der Waals surface area contributed by atoms with Crippen LogP contribution in [0.4, 0.5) is 0 Å². The Hall–Kier alpha value is -0.870. The van der Waals surface area contributed by atoms with Crippen LogP contribution in [0.3, 0.4) is 0 Å². The Balaban J connectivity index is 1.52. The molecule has 0 unspecified atom stereocenters. The summed E-state index contributed by atoms with van der Waals surface area (Å²) in [4.78, 5) is 0. The van der Waals surface area contributed by atoms with Gasteiger partial charge in [-0.05, 0) is 19.8 Å². The molecule has 0 amide bonds. The van der Waals surface area contributed by atoms with Gasteiger partial charge in [-0.25, -0.2) is 0 Å². The Morgan fingerprint density at radius 1 is 1.39 bits per heavy atom. The Kier molecular flexibility index (Phi) is 5.68. The number of hydrogen-bond donors (Lipinski definition) is 1. The molecule has 18 heavy (non-hydrogen) atoms. The molecule has 1 N–H and O–H groups in total. The number of nitrogens with zero attached hydrogens (tertiary/aromatic N) is 2. The van der Waals surface area contributed by atoms with E-state index in [4.69, 9.17) is 4.74 Å². The molecule has 4 nitrogen and oxygen atoms in total. The van der Waals surface area contributed by atoms with Crippen molar-refractivity contribution in [2.45, 2.75) is 58.2 Å². The van der Waals surface area contributed by atoms with Gasteiger partial charge in [-0.1, -0.05) is 19.3 Å². The van der Waals surface area contributed by atoms with Gasteiger partial charge in [0.2, 0.25) is 0 Å². The highest BCUT2D eigenvalue weighted by atomic mass is 16.5. The smallest absolute Gasteiger partial charge is 0.0594 e. The summed E-state index contributed by atoms with van der Waals surface area (Å²) in [5.74, 6) is 0. The zero-order valence-electron chi connectivity index (χ0n) is 11.4. The van der Waals surface area contributed by atoms with Crippen LogP contribution in [-0.2, 0) is 17.8 Å². The van der Waals surface area contributed by atoms with E-state index in [1.807, 2.05) is 10.9 Å². The fraction of sp³-hybridized carbons (Fsp3) is 0.786. The zero-order chi connectivity index (χ0) is 12.6. The topological polar surface area (TPSA) is 39.1 Å². The monoisotopic (exact) mass is 251 g/mol. The molecule has 0 radical (unpaired) electrons. The molecule has 102 valence electrons. The van der Waals surface area contributed by atoms with Gasteiger partial charge in [0.05, 0.1) is 18.9 Å². The Morgan fingerprint density at radius 3 is 2.94 bits per heavy atom. The molecule has 1 aliphatic carbocycles. The molecule has 1 aromatic rings. The second-order valence-corrected chi connectivity index (χ2v) is 5.01. The molecule has 1 heterocycles. The summed E-state index contributed by atoms with van der Waals surface area (Å²) in [7, 11) is 0. The summed E-state index contributed by atoms with van der Waals surface area (Å²) in [6.45, 7) is 5.67. The number of nitrogens with one attached hydrogen (secondary N) is 1. The molecule has 1 saturated carbocycles. The second kappa shape index (κ2) is 7.54. The van der Waals surface area contributed by atoms with Gasteiger partial charge in [-0.15, -0.1) is 0 Å². The van der Waals surface area contributed by atoms with E-state index in [0.717, 1.165) is 26.2 Å². The highest BCUT2D eigenvalue weighted by Gasteiger charge is 2.12. The molecular weight excluding hydrogens is 226 g/mol. The summed E-state index contributed by atoms with van der Waals surface area (Å²) >= 11 is 0. The molecular formula is C14H25N3O. The fourth-order valence-electron chi connectivity index (χ4n) is 2.43. The lowest BCUT2D eigenvalue weighted by molar-refractivity contribution is 0.0302. The van der Waals surface area contributed by atoms with Crippen LogP contribution in [0.25, 0.3) is 0 Å². The van der Waals surface area contributed by atoms with Crippen molar-refractivity contribution in [3.63, 3.8) is 0 Å². The summed E-state index contributed by atoms with van der Waals surface area (Å²) in [6.07, 6.45) is 11.1. The number of rotatable bonds is 7. The Bertz CT molecular complexity index is 332. The number of aromatic nitrogens is 2. The maximum absolute atomic E-state index is 5.86. The van der Waals surface area contributed by atoms with Crippen LogP contribution in [-0.4, -0.2) is 29.0 Å². The minimum absolute atomic E-state index is 0.517. The molecule has 1 fully saturated rings. The summed E-state index contributed by atoms with van der Waals surface area (Å²) in [6, 6.07) is 0. The largest absolute Gasteiger partial charge is 0.377 e. The highest BCUT2D eigenvalue weighted by molar-refractivity contribution is 5.02. The molecule has 0 aliphatic heterocycles. The standard InChI is InChI=1S/C14H25N3O/c1-2-17-12-13(11-16-17)10-15-8-9-18-14-6-4-3-5-7-14/h11-12,14-15H,2-10H2,1H3. The third-order valence-corrected chi connectivity index (χ3v) is 3.52. The molecule has 1 aromatic heterocycles. The van der Waals surface area contributed by atoms with Crippen molar-refractivity contribution in [1.29, 1.82) is 0 Å². The van der Waals surface area contributed by atoms with Crippen molar-refractivity contribution >= 4 is 0 Å². The van der Waals surface area contributed by atoms with Crippen molar-refractivity contribution in [1.82, 2.24) is 15.1 Å². The van der Waals surface area contributed by atoms with Crippen molar-refractivity contribution in [2.75, 3.05) is 13.2 Å². The maximum atomic E-state index is 5.86. The molecule has 1 aliphatic rings. The van der Waals surface area contributed by atoms with E-state index in [1.54, 1.807) is 0 Å². The predicted octanol–water partition coefficient (Wildman–Crippen LogP) is 2.34. The quantitative estimate of drug-likeness (QED) is 0.756. The van der Waals surface area contributed by atoms with Crippen LogP contribution in [0, 0.1) is 0 Å². The van der Waals surface area contributed by atoms with Crippen molar-refractivity contribution in [3.05, 3.63) is 18.0 Å². The number of hydrogen-bond acceptors (Lipinski definition) is 3. The summed E-state index contributed by atoms with van der Waals surface area (Å²) in [5.41, 5.74) is 1.24. The van der Waals surface area contributed by atoms with Gasteiger partial charge in [0.15, 0.2) is 0 Å². The van der Waals surface area contributed by atoms with E-state index in [1.165, 1.54) is 37.7 Å². The third kappa shape index (κ3) is 4.42. The molecule has 2 rings (SSSR count).